The van der Waals surface area contributed by atoms with Crippen molar-refractivity contribution in [2.45, 2.75) is 98.3 Å². The molecule has 4 aliphatic rings. The van der Waals surface area contributed by atoms with Gasteiger partial charge in [0.15, 0.2) is 0 Å². The van der Waals surface area contributed by atoms with Gasteiger partial charge in [-0.1, -0.05) is 59.1 Å². The summed E-state index contributed by atoms with van der Waals surface area (Å²) in [7, 11) is 1.94. The molecule has 8 atom stereocenters. The highest BCUT2D eigenvalue weighted by molar-refractivity contribution is 5.17. The lowest BCUT2D eigenvalue weighted by molar-refractivity contribution is -0.113. The predicted octanol–water partition coefficient (Wildman–Crippen LogP) is 7.90. The van der Waals surface area contributed by atoms with E-state index in [1.54, 1.807) is 0 Å². The molecule has 1 heteroatoms. The van der Waals surface area contributed by atoms with E-state index in [1.165, 1.54) is 70.6 Å². The molecular formula is C28H48O. The van der Waals surface area contributed by atoms with Crippen LogP contribution in [0.15, 0.2) is 12.2 Å². The van der Waals surface area contributed by atoms with Gasteiger partial charge in [-0.3, -0.25) is 0 Å². The van der Waals surface area contributed by atoms with Crippen LogP contribution in [0.3, 0.4) is 0 Å². The van der Waals surface area contributed by atoms with E-state index in [-0.39, 0.29) is 0 Å². The lowest BCUT2D eigenvalue weighted by Crippen LogP contribution is -2.54. The molecular weight excluding hydrogens is 352 g/mol. The Labute approximate surface area is 181 Å². The Morgan fingerprint density at radius 3 is 2.55 bits per heavy atom. The van der Waals surface area contributed by atoms with Crippen molar-refractivity contribution < 1.29 is 4.74 Å². The minimum absolute atomic E-state index is 0.359. The van der Waals surface area contributed by atoms with Crippen LogP contribution >= 0.6 is 0 Å². The van der Waals surface area contributed by atoms with Crippen molar-refractivity contribution in [3.63, 3.8) is 0 Å². The van der Waals surface area contributed by atoms with Crippen LogP contribution in [0, 0.1) is 52.3 Å². The minimum Gasteiger partial charge on any atom is -0.384 e. The second-order valence-corrected chi connectivity index (χ2v) is 12.2. The molecule has 1 nitrogen and oxygen atoms in total. The summed E-state index contributed by atoms with van der Waals surface area (Å²) < 4.78 is 5.90. The van der Waals surface area contributed by atoms with E-state index in [1.807, 2.05) is 7.11 Å². The fourth-order valence-electron chi connectivity index (χ4n) is 9.14. The van der Waals surface area contributed by atoms with Gasteiger partial charge in [0, 0.05) is 12.5 Å². The van der Waals surface area contributed by atoms with Crippen LogP contribution in [-0.2, 0) is 4.74 Å². The monoisotopic (exact) mass is 400 g/mol. The van der Waals surface area contributed by atoms with Crippen molar-refractivity contribution in [2.75, 3.05) is 13.7 Å². The number of rotatable bonds is 7. The molecule has 0 amide bonds. The van der Waals surface area contributed by atoms with Crippen molar-refractivity contribution in [2.24, 2.45) is 52.3 Å². The highest BCUT2D eigenvalue weighted by Crippen LogP contribution is 2.67. The molecule has 0 aromatic carbocycles. The highest BCUT2D eigenvalue weighted by Gasteiger charge is 2.60. The summed E-state index contributed by atoms with van der Waals surface area (Å²) in [5.41, 5.74) is 0.968. The zero-order valence-corrected chi connectivity index (χ0v) is 20.1. The molecule has 4 rings (SSSR count). The van der Waals surface area contributed by atoms with Gasteiger partial charge in [-0.2, -0.15) is 0 Å². The van der Waals surface area contributed by atoms with Gasteiger partial charge in [0.25, 0.3) is 0 Å². The number of fused-ring (bicyclic) bond motifs is 5. The third-order valence-corrected chi connectivity index (χ3v) is 10.4. The first-order chi connectivity index (χ1) is 13.9. The Hall–Kier alpha value is -0.300. The summed E-state index contributed by atoms with van der Waals surface area (Å²) >= 11 is 0. The second kappa shape index (κ2) is 8.68. The van der Waals surface area contributed by atoms with E-state index in [0.717, 1.165) is 48.0 Å². The van der Waals surface area contributed by atoms with Gasteiger partial charge >= 0.3 is 0 Å². The molecule has 3 fully saturated rings. The van der Waals surface area contributed by atoms with Gasteiger partial charge in [-0.05, 0) is 98.2 Å². The molecule has 29 heavy (non-hydrogen) atoms. The highest BCUT2D eigenvalue weighted by atomic mass is 16.5. The molecule has 0 spiro atoms. The Morgan fingerprint density at radius 2 is 1.79 bits per heavy atom. The van der Waals surface area contributed by atoms with Crippen LogP contribution in [-0.4, -0.2) is 13.7 Å². The summed E-state index contributed by atoms with van der Waals surface area (Å²) in [6.07, 6.45) is 21.0. The summed E-state index contributed by atoms with van der Waals surface area (Å²) in [5.74, 6) is 6.44. The van der Waals surface area contributed by atoms with Gasteiger partial charge in [-0.15, -0.1) is 0 Å². The lowest BCUT2D eigenvalue weighted by atomic mass is 9.45. The van der Waals surface area contributed by atoms with Crippen molar-refractivity contribution >= 4 is 0 Å². The van der Waals surface area contributed by atoms with Gasteiger partial charge < -0.3 is 4.74 Å². The first kappa shape index (κ1) is 21.9. The van der Waals surface area contributed by atoms with Gasteiger partial charge in [0.05, 0.1) is 6.61 Å². The fourth-order valence-corrected chi connectivity index (χ4v) is 9.14. The van der Waals surface area contributed by atoms with Crippen LogP contribution in [0.5, 0.6) is 0 Å². The molecule has 0 aromatic rings. The van der Waals surface area contributed by atoms with Crippen LogP contribution in [0.1, 0.15) is 98.3 Å². The molecule has 0 saturated heterocycles. The Bertz CT molecular complexity index is 579. The summed E-state index contributed by atoms with van der Waals surface area (Å²) in [6, 6.07) is 0. The third kappa shape index (κ3) is 3.77. The van der Waals surface area contributed by atoms with Crippen LogP contribution in [0.2, 0.25) is 0 Å². The maximum Gasteiger partial charge on any atom is 0.0558 e. The summed E-state index contributed by atoms with van der Waals surface area (Å²) in [6.45, 7) is 11.0. The molecule has 0 unspecified atom stereocenters. The largest absolute Gasteiger partial charge is 0.384 e. The molecule has 0 N–H and O–H groups in total. The van der Waals surface area contributed by atoms with Crippen molar-refractivity contribution in [3.8, 4) is 0 Å². The standard InChI is InChI=1S/C28H48O/c1-20(2)9-8-10-21(3)24-14-15-25-23-13-12-22-11-6-7-17-28(22,19-29-5)26(23)16-18-27(24,25)4/h7,17,20-26H,6,8-16,18-19H2,1-5H3/t21-,22-,23+,24-,25+,26+,27-,28-/m1/s1. The first-order valence-electron chi connectivity index (χ1n) is 13.1. The maximum atomic E-state index is 5.90. The smallest absolute Gasteiger partial charge is 0.0558 e. The van der Waals surface area contributed by atoms with Crippen molar-refractivity contribution in [1.82, 2.24) is 0 Å². The fraction of sp³-hybridized carbons (Fsp3) is 0.929. The number of hydrogen-bond donors (Lipinski definition) is 0. The lowest BCUT2D eigenvalue weighted by Gasteiger charge is -2.60. The van der Waals surface area contributed by atoms with E-state index in [0.29, 0.717) is 10.8 Å². The second-order valence-electron chi connectivity index (χ2n) is 12.2. The molecule has 166 valence electrons. The maximum absolute atomic E-state index is 5.90. The molecule has 3 saturated carbocycles. The van der Waals surface area contributed by atoms with Gasteiger partial charge in [-0.25, -0.2) is 0 Å². The average molecular weight is 401 g/mol. The average Bonchev–Trinajstić information content (AvgIpc) is 3.05. The first-order valence-corrected chi connectivity index (χ1v) is 13.1. The normalized spacial score (nSPS) is 45.0. The Morgan fingerprint density at radius 1 is 0.966 bits per heavy atom. The van der Waals surface area contributed by atoms with Crippen molar-refractivity contribution in [1.29, 1.82) is 0 Å². The van der Waals surface area contributed by atoms with E-state index >= 15 is 0 Å². The number of ether oxygens (including phenoxy) is 1. The molecule has 0 aromatic heterocycles. The van der Waals surface area contributed by atoms with E-state index in [9.17, 15) is 0 Å². The van der Waals surface area contributed by atoms with E-state index in [4.69, 9.17) is 4.74 Å². The Balaban J connectivity index is 1.51. The molecule has 0 bridgehead atoms. The van der Waals surface area contributed by atoms with Gasteiger partial charge in [0.1, 0.15) is 0 Å². The summed E-state index contributed by atoms with van der Waals surface area (Å²) in [5, 5.41) is 0. The van der Waals surface area contributed by atoms with Crippen molar-refractivity contribution in [3.05, 3.63) is 12.2 Å². The molecule has 0 heterocycles. The van der Waals surface area contributed by atoms with Gasteiger partial charge in [0.2, 0.25) is 0 Å². The van der Waals surface area contributed by atoms with E-state index in [2.05, 4.69) is 39.8 Å². The molecule has 4 aliphatic carbocycles. The minimum atomic E-state index is 0.359. The zero-order valence-electron chi connectivity index (χ0n) is 20.1. The third-order valence-electron chi connectivity index (χ3n) is 10.4. The zero-order chi connectivity index (χ0) is 20.6. The molecule has 0 aliphatic heterocycles. The van der Waals surface area contributed by atoms with Crippen LogP contribution < -0.4 is 0 Å². The SMILES string of the molecule is COC[C@]12C=CCC[C@@H]1CC[C@H]1[C@@H]3CC[C@H]([C@H](C)CCCC(C)C)[C@@]3(C)CC[C@@H]12. The van der Waals surface area contributed by atoms with E-state index < -0.39 is 0 Å². The van der Waals surface area contributed by atoms with Crippen LogP contribution in [0.4, 0.5) is 0 Å². The van der Waals surface area contributed by atoms with Crippen LogP contribution in [0.25, 0.3) is 0 Å². The number of allylic oxidation sites excluding steroid dienone is 1. The Kier molecular flexibility index (Phi) is 6.56. The number of methoxy groups -OCH3 is 1. The summed E-state index contributed by atoms with van der Waals surface area (Å²) in [4.78, 5) is 0. The number of hydrogen-bond acceptors (Lipinski definition) is 1. The molecule has 0 radical (unpaired) electrons. The quantitative estimate of drug-likeness (QED) is 0.395. The topological polar surface area (TPSA) is 9.23 Å². The predicted molar refractivity (Wildman–Crippen MR) is 124 cm³/mol.